The lowest BCUT2D eigenvalue weighted by atomic mass is 9.79. The topological polar surface area (TPSA) is 58.9 Å². The summed E-state index contributed by atoms with van der Waals surface area (Å²) in [6.45, 7) is 1.58. The molecule has 2 N–H and O–H groups in total. The Hall–Kier alpha value is -0.460. The first kappa shape index (κ1) is 17.6. The van der Waals surface area contributed by atoms with E-state index in [0.29, 0.717) is 26.2 Å². The molecule has 0 heterocycles. The first-order valence-corrected chi connectivity index (χ1v) is 7.52. The van der Waals surface area contributed by atoms with Crippen LogP contribution in [0.4, 0.5) is 0 Å². The molecule has 0 aromatic heterocycles. The Labute approximate surface area is 128 Å². The van der Waals surface area contributed by atoms with Gasteiger partial charge in [-0.3, -0.25) is 0 Å². The van der Waals surface area contributed by atoms with E-state index in [1.807, 2.05) is 24.3 Å². The van der Waals surface area contributed by atoms with Gasteiger partial charge in [0.25, 0.3) is 0 Å². The third kappa shape index (κ3) is 5.14. The predicted molar refractivity (Wildman–Crippen MR) is 81.9 cm³/mol. The van der Waals surface area contributed by atoms with Crippen LogP contribution in [0, 0.1) is 0 Å². The van der Waals surface area contributed by atoms with Crippen molar-refractivity contribution in [2.75, 3.05) is 40.1 Å². The van der Waals surface area contributed by atoms with Gasteiger partial charge in [0, 0.05) is 36.8 Å². The average molecular weight is 347 g/mol. The van der Waals surface area contributed by atoms with E-state index in [2.05, 4.69) is 15.9 Å². The van der Waals surface area contributed by atoms with E-state index in [4.69, 9.17) is 9.47 Å². The van der Waals surface area contributed by atoms with Gasteiger partial charge in [-0.15, -0.1) is 0 Å². The van der Waals surface area contributed by atoms with Crippen molar-refractivity contribution in [3.63, 3.8) is 0 Å². The second kappa shape index (κ2) is 9.47. The molecule has 0 spiro atoms. The zero-order valence-corrected chi connectivity index (χ0v) is 13.4. The molecule has 0 aliphatic rings. The minimum Gasteiger partial charge on any atom is -0.395 e. The van der Waals surface area contributed by atoms with Crippen molar-refractivity contribution in [1.82, 2.24) is 0 Å². The number of halogens is 1. The molecule has 0 unspecified atom stereocenters. The summed E-state index contributed by atoms with van der Waals surface area (Å²) in [7, 11) is 1.66. The number of hydrogen-bond acceptors (Lipinski definition) is 4. The van der Waals surface area contributed by atoms with E-state index < -0.39 is 5.41 Å². The molecule has 0 bridgehead atoms. The highest BCUT2D eigenvalue weighted by Crippen LogP contribution is 2.29. The predicted octanol–water partition coefficient (Wildman–Crippen LogP) is 2.11. The Morgan fingerprint density at radius 1 is 1.15 bits per heavy atom. The summed E-state index contributed by atoms with van der Waals surface area (Å²) in [4.78, 5) is 0. The summed E-state index contributed by atoms with van der Waals surface area (Å²) < 4.78 is 11.4. The Kier molecular flexibility index (Phi) is 8.33. The van der Waals surface area contributed by atoms with Gasteiger partial charge >= 0.3 is 0 Å². The molecule has 0 saturated carbocycles. The standard InChI is InChI=1S/C15H23BrO4/c1-19-7-3-8-20-9-6-15(11-17,12-18)13-4-2-5-14(16)10-13/h2,4-5,10,17-18H,3,6-9,11-12H2,1H3. The summed E-state index contributed by atoms with van der Waals surface area (Å²) in [6.07, 6.45) is 1.42. The van der Waals surface area contributed by atoms with Crippen LogP contribution in [0.15, 0.2) is 28.7 Å². The van der Waals surface area contributed by atoms with Gasteiger partial charge in [0.15, 0.2) is 0 Å². The number of aliphatic hydroxyl groups is 2. The molecule has 0 amide bonds. The Morgan fingerprint density at radius 2 is 1.90 bits per heavy atom. The lowest BCUT2D eigenvalue weighted by molar-refractivity contribution is 0.0547. The molecule has 114 valence electrons. The summed E-state index contributed by atoms with van der Waals surface area (Å²) in [5.74, 6) is 0. The maximum Gasteiger partial charge on any atom is 0.0550 e. The fourth-order valence-corrected chi connectivity index (χ4v) is 2.43. The highest BCUT2D eigenvalue weighted by Gasteiger charge is 2.30. The molecular weight excluding hydrogens is 324 g/mol. The van der Waals surface area contributed by atoms with E-state index in [-0.39, 0.29) is 13.2 Å². The Balaban J connectivity index is 2.58. The molecule has 4 nitrogen and oxygen atoms in total. The first-order chi connectivity index (χ1) is 9.68. The molecule has 0 saturated heterocycles. The van der Waals surface area contributed by atoms with Crippen LogP contribution in [0.5, 0.6) is 0 Å². The smallest absolute Gasteiger partial charge is 0.0550 e. The van der Waals surface area contributed by atoms with Crippen LogP contribution in [0.2, 0.25) is 0 Å². The number of benzene rings is 1. The normalized spacial score (nSPS) is 11.8. The van der Waals surface area contributed by atoms with Crippen molar-refractivity contribution in [3.05, 3.63) is 34.3 Å². The van der Waals surface area contributed by atoms with Gasteiger partial charge in [-0.2, -0.15) is 0 Å². The van der Waals surface area contributed by atoms with Gasteiger partial charge in [0.1, 0.15) is 0 Å². The Morgan fingerprint density at radius 3 is 2.50 bits per heavy atom. The maximum absolute atomic E-state index is 9.71. The molecule has 1 aromatic rings. The van der Waals surface area contributed by atoms with Crippen molar-refractivity contribution >= 4 is 15.9 Å². The van der Waals surface area contributed by atoms with Crippen LogP contribution >= 0.6 is 15.9 Å². The average Bonchev–Trinajstić information content (AvgIpc) is 2.47. The lowest BCUT2D eigenvalue weighted by Gasteiger charge is -2.30. The van der Waals surface area contributed by atoms with Crippen LogP contribution in [0.25, 0.3) is 0 Å². The highest BCUT2D eigenvalue weighted by atomic mass is 79.9. The number of aliphatic hydroxyl groups excluding tert-OH is 2. The zero-order valence-electron chi connectivity index (χ0n) is 11.8. The molecule has 0 atom stereocenters. The summed E-state index contributed by atoms with van der Waals surface area (Å²) in [5.41, 5.74) is 0.253. The molecule has 1 rings (SSSR count). The van der Waals surface area contributed by atoms with Crippen molar-refractivity contribution in [2.45, 2.75) is 18.3 Å². The molecular formula is C15H23BrO4. The van der Waals surface area contributed by atoms with Crippen LogP contribution in [0.3, 0.4) is 0 Å². The SMILES string of the molecule is COCCCOCCC(CO)(CO)c1cccc(Br)c1. The monoisotopic (exact) mass is 346 g/mol. The molecule has 0 aliphatic carbocycles. The molecule has 0 aliphatic heterocycles. The number of rotatable bonds is 10. The van der Waals surface area contributed by atoms with Gasteiger partial charge in [-0.1, -0.05) is 28.1 Å². The van der Waals surface area contributed by atoms with Crippen molar-refractivity contribution in [2.24, 2.45) is 0 Å². The molecule has 5 heteroatoms. The van der Waals surface area contributed by atoms with Crippen LogP contribution < -0.4 is 0 Å². The number of methoxy groups -OCH3 is 1. The molecule has 0 fully saturated rings. The fourth-order valence-electron chi connectivity index (χ4n) is 2.03. The minimum atomic E-state index is -0.662. The summed E-state index contributed by atoms with van der Waals surface area (Å²) in [6, 6.07) is 7.67. The Bertz CT molecular complexity index is 380. The van der Waals surface area contributed by atoms with Crippen LogP contribution in [-0.4, -0.2) is 50.4 Å². The zero-order chi connectivity index (χ0) is 14.8. The van der Waals surface area contributed by atoms with Gasteiger partial charge in [0.05, 0.1) is 13.2 Å². The van der Waals surface area contributed by atoms with Crippen molar-refractivity contribution in [1.29, 1.82) is 0 Å². The highest BCUT2D eigenvalue weighted by molar-refractivity contribution is 9.10. The van der Waals surface area contributed by atoms with Gasteiger partial charge in [-0.05, 0) is 30.5 Å². The first-order valence-electron chi connectivity index (χ1n) is 6.73. The van der Waals surface area contributed by atoms with E-state index in [0.717, 1.165) is 16.5 Å². The van der Waals surface area contributed by atoms with E-state index in [9.17, 15) is 10.2 Å². The van der Waals surface area contributed by atoms with Gasteiger partial charge in [0.2, 0.25) is 0 Å². The van der Waals surface area contributed by atoms with Gasteiger partial charge in [-0.25, -0.2) is 0 Å². The number of ether oxygens (including phenoxy) is 2. The quantitative estimate of drug-likeness (QED) is 0.637. The lowest BCUT2D eigenvalue weighted by Crippen LogP contribution is -2.36. The third-order valence-electron chi connectivity index (χ3n) is 3.40. The van der Waals surface area contributed by atoms with E-state index in [1.165, 1.54) is 0 Å². The fraction of sp³-hybridized carbons (Fsp3) is 0.600. The molecule has 0 radical (unpaired) electrons. The van der Waals surface area contributed by atoms with Crippen LogP contribution in [0.1, 0.15) is 18.4 Å². The molecule has 20 heavy (non-hydrogen) atoms. The summed E-state index contributed by atoms with van der Waals surface area (Å²) >= 11 is 3.41. The van der Waals surface area contributed by atoms with Crippen LogP contribution in [-0.2, 0) is 14.9 Å². The summed E-state index contributed by atoms with van der Waals surface area (Å²) in [5, 5.41) is 19.4. The maximum atomic E-state index is 9.71. The molecule has 1 aromatic carbocycles. The minimum absolute atomic E-state index is 0.110. The van der Waals surface area contributed by atoms with Gasteiger partial charge < -0.3 is 19.7 Å². The van der Waals surface area contributed by atoms with Crippen molar-refractivity contribution < 1.29 is 19.7 Å². The second-order valence-corrected chi connectivity index (χ2v) is 5.73. The largest absolute Gasteiger partial charge is 0.395 e. The van der Waals surface area contributed by atoms with Crippen molar-refractivity contribution in [3.8, 4) is 0 Å². The second-order valence-electron chi connectivity index (χ2n) is 4.82. The van der Waals surface area contributed by atoms with E-state index in [1.54, 1.807) is 7.11 Å². The van der Waals surface area contributed by atoms with E-state index >= 15 is 0 Å². The number of hydrogen-bond donors (Lipinski definition) is 2. The third-order valence-corrected chi connectivity index (χ3v) is 3.90.